The molecule has 0 saturated heterocycles. The molecular formula is C18H13N5O5S3. The van der Waals surface area contributed by atoms with Crippen LogP contribution in [0.4, 0.5) is 10.8 Å². The second kappa shape index (κ2) is 8.45. The Morgan fingerprint density at radius 3 is 2.65 bits per heavy atom. The van der Waals surface area contributed by atoms with Crippen LogP contribution in [-0.4, -0.2) is 40.0 Å². The van der Waals surface area contributed by atoms with Gasteiger partial charge in [-0.05, 0) is 24.3 Å². The SMILES string of the molecule is O=C(CSc1nc2ccccc2[nH]1)Nc1ncc(S(=O)(=O)c2ccc([N+](=O)[O-])cc2)s1. The summed E-state index contributed by atoms with van der Waals surface area (Å²) in [5.41, 5.74) is 1.45. The van der Waals surface area contributed by atoms with Crippen molar-refractivity contribution in [3.63, 3.8) is 0 Å². The van der Waals surface area contributed by atoms with Crippen LogP contribution in [0.5, 0.6) is 0 Å². The van der Waals surface area contributed by atoms with Crippen molar-refractivity contribution in [3.05, 3.63) is 64.8 Å². The van der Waals surface area contributed by atoms with Crippen LogP contribution in [-0.2, 0) is 14.6 Å². The minimum Gasteiger partial charge on any atom is -0.333 e. The average molecular weight is 476 g/mol. The van der Waals surface area contributed by atoms with E-state index in [1.807, 2.05) is 24.3 Å². The number of amides is 1. The zero-order chi connectivity index (χ0) is 22.0. The molecule has 0 aliphatic carbocycles. The summed E-state index contributed by atoms with van der Waals surface area (Å²) in [7, 11) is -3.90. The Morgan fingerprint density at radius 2 is 1.94 bits per heavy atom. The van der Waals surface area contributed by atoms with Gasteiger partial charge in [0.25, 0.3) is 5.69 Å². The summed E-state index contributed by atoms with van der Waals surface area (Å²) < 4.78 is 25.3. The zero-order valence-electron chi connectivity index (χ0n) is 15.5. The predicted molar refractivity (Wildman–Crippen MR) is 116 cm³/mol. The van der Waals surface area contributed by atoms with E-state index in [1.54, 1.807) is 0 Å². The number of sulfone groups is 1. The third-order valence-electron chi connectivity index (χ3n) is 4.06. The topological polar surface area (TPSA) is 148 Å². The molecule has 0 fully saturated rings. The Morgan fingerprint density at radius 1 is 1.19 bits per heavy atom. The lowest BCUT2D eigenvalue weighted by atomic mass is 10.3. The number of carbonyl (C=O) groups is 1. The summed E-state index contributed by atoms with van der Waals surface area (Å²) in [5, 5.41) is 14.0. The first-order valence-electron chi connectivity index (χ1n) is 8.66. The van der Waals surface area contributed by atoms with Crippen molar-refractivity contribution >= 4 is 60.7 Å². The summed E-state index contributed by atoms with van der Waals surface area (Å²) in [6.07, 6.45) is 1.14. The number of hydrogen-bond donors (Lipinski definition) is 2. The van der Waals surface area contributed by atoms with Gasteiger partial charge in [0.2, 0.25) is 15.7 Å². The third-order valence-corrected chi connectivity index (χ3v) is 8.08. The van der Waals surface area contributed by atoms with Crippen molar-refractivity contribution in [2.45, 2.75) is 14.3 Å². The first-order chi connectivity index (χ1) is 14.8. The lowest BCUT2D eigenvalue weighted by molar-refractivity contribution is -0.384. The largest absolute Gasteiger partial charge is 0.333 e. The number of hydrogen-bond acceptors (Lipinski definition) is 9. The molecule has 10 nitrogen and oxygen atoms in total. The van der Waals surface area contributed by atoms with Gasteiger partial charge in [0, 0.05) is 12.1 Å². The van der Waals surface area contributed by atoms with Crippen LogP contribution in [0.1, 0.15) is 0 Å². The van der Waals surface area contributed by atoms with Crippen molar-refractivity contribution in [1.29, 1.82) is 0 Å². The van der Waals surface area contributed by atoms with Gasteiger partial charge in [-0.2, -0.15) is 0 Å². The Hall–Kier alpha value is -3.29. The smallest absolute Gasteiger partial charge is 0.269 e. The fourth-order valence-electron chi connectivity index (χ4n) is 2.59. The normalized spacial score (nSPS) is 11.5. The van der Waals surface area contributed by atoms with E-state index in [0.717, 1.165) is 52.8 Å². The molecule has 2 aromatic carbocycles. The molecule has 31 heavy (non-hydrogen) atoms. The van der Waals surface area contributed by atoms with Crippen LogP contribution in [0.2, 0.25) is 0 Å². The predicted octanol–water partition coefficient (Wildman–Crippen LogP) is 3.49. The van der Waals surface area contributed by atoms with Crippen molar-refractivity contribution in [2.75, 3.05) is 11.1 Å². The van der Waals surface area contributed by atoms with Gasteiger partial charge in [-0.15, -0.1) is 0 Å². The monoisotopic (exact) mass is 475 g/mol. The van der Waals surface area contributed by atoms with Crippen LogP contribution < -0.4 is 5.32 Å². The highest BCUT2D eigenvalue weighted by molar-refractivity contribution is 7.99. The molecule has 0 aliphatic rings. The Labute approximate surface area is 183 Å². The number of benzene rings is 2. The summed E-state index contributed by atoms with van der Waals surface area (Å²) in [6, 6.07) is 12.1. The number of thiazole rings is 1. The van der Waals surface area contributed by atoms with Gasteiger partial charge in [0.15, 0.2) is 10.3 Å². The number of aromatic nitrogens is 3. The number of fused-ring (bicyclic) bond motifs is 1. The molecule has 2 heterocycles. The first kappa shape index (κ1) is 21.0. The number of anilines is 1. The molecule has 0 bridgehead atoms. The van der Waals surface area contributed by atoms with Gasteiger partial charge in [-0.1, -0.05) is 35.2 Å². The molecular weight excluding hydrogens is 462 g/mol. The lowest BCUT2D eigenvalue weighted by Gasteiger charge is -2.01. The number of para-hydroxylation sites is 2. The molecule has 1 amide bonds. The van der Waals surface area contributed by atoms with Crippen molar-refractivity contribution in [3.8, 4) is 0 Å². The number of rotatable bonds is 7. The van der Waals surface area contributed by atoms with E-state index < -0.39 is 14.8 Å². The fraction of sp³-hybridized carbons (Fsp3) is 0.0556. The van der Waals surface area contributed by atoms with Gasteiger partial charge in [-0.25, -0.2) is 18.4 Å². The summed E-state index contributed by atoms with van der Waals surface area (Å²) in [4.78, 5) is 33.7. The number of nitrogens with zero attached hydrogens (tertiary/aromatic N) is 3. The number of H-pyrrole nitrogens is 1. The quantitative estimate of drug-likeness (QED) is 0.234. The maximum Gasteiger partial charge on any atom is 0.269 e. The van der Waals surface area contributed by atoms with E-state index in [0.29, 0.717) is 5.16 Å². The zero-order valence-corrected chi connectivity index (χ0v) is 18.0. The van der Waals surface area contributed by atoms with Crippen molar-refractivity contribution in [1.82, 2.24) is 15.0 Å². The lowest BCUT2D eigenvalue weighted by Crippen LogP contribution is -2.13. The number of aromatic amines is 1. The van der Waals surface area contributed by atoms with Crippen LogP contribution in [0.3, 0.4) is 0 Å². The molecule has 0 saturated carbocycles. The van der Waals surface area contributed by atoms with Gasteiger partial charge >= 0.3 is 0 Å². The molecule has 4 aromatic rings. The van der Waals surface area contributed by atoms with Gasteiger partial charge in [0.05, 0.1) is 32.8 Å². The van der Waals surface area contributed by atoms with Crippen LogP contribution in [0, 0.1) is 10.1 Å². The van der Waals surface area contributed by atoms with Crippen molar-refractivity contribution in [2.24, 2.45) is 0 Å². The average Bonchev–Trinajstić information content (AvgIpc) is 3.39. The first-order valence-corrected chi connectivity index (χ1v) is 11.9. The van der Waals surface area contributed by atoms with E-state index in [4.69, 9.17) is 0 Å². The second-order valence-electron chi connectivity index (χ2n) is 6.13. The minimum absolute atomic E-state index is 0.0594. The minimum atomic E-state index is -3.90. The molecule has 2 N–H and O–H groups in total. The van der Waals surface area contributed by atoms with Gasteiger partial charge in [-0.3, -0.25) is 14.9 Å². The number of nitro groups is 1. The van der Waals surface area contributed by atoms with Gasteiger partial charge in [0.1, 0.15) is 4.21 Å². The molecule has 0 unspecified atom stereocenters. The highest BCUT2D eigenvalue weighted by Crippen LogP contribution is 2.29. The molecule has 0 spiro atoms. The van der Waals surface area contributed by atoms with E-state index >= 15 is 0 Å². The summed E-state index contributed by atoms with van der Waals surface area (Å²) in [6.45, 7) is 0. The van der Waals surface area contributed by atoms with Crippen LogP contribution in [0.25, 0.3) is 11.0 Å². The number of thioether (sulfide) groups is 1. The highest BCUT2D eigenvalue weighted by Gasteiger charge is 2.22. The Kier molecular flexibility index (Phi) is 5.71. The number of imidazole rings is 1. The molecule has 0 atom stereocenters. The number of nitrogens with one attached hydrogen (secondary N) is 2. The fourth-order valence-corrected chi connectivity index (χ4v) is 5.73. The van der Waals surface area contributed by atoms with Gasteiger partial charge < -0.3 is 10.3 Å². The van der Waals surface area contributed by atoms with E-state index in [2.05, 4.69) is 20.3 Å². The Bertz CT molecular complexity index is 1350. The maximum absolute atomic E-state index is 12.7. The molecule has 0 radical (unpaired) electrons. The van der Waals surface area contributed by atoms with E-state index in [1.165, 1.54) is 11.8 Å². The Balaban J connectivity index is 1.40. The molecule has 4 rings (SSSR count). The van der Waals surface area contributed by atoms with Crippen molar-refractivity contribution < 1.29 is 18.1 Å². The second-order valence-corrected chi connectivity index (χ2v) is 10.3. The highest BCUT2D eigenvalue weighted by atomic mass is 32.2. The number of carbonyl (C=O) groups excluding carboxylic acids is 1. The number of nitro benzene ring substituents is 1. The number of non-ortho nitro benzene ring substituents is 1. The molecule has 0 aliphatic heterocycles. The standard InChI is InChI=1S/C18H13N5O5S3/c24-15(10-29-18-20-13-3-1-2-4-14(13)21-18)22-17-19-9-16(30-17)31(27,28)12-7-5-11(6-8-12)23(25)26/h1-9H,10H2,(H,20,21)(H,19,22,24). The summed E-state index contributed by atoms with van der Waals surface area (Å²) >= 11 is 2.01. The molecule has 158 valence electrons. The maximum atomic E-state index is 12.7. The van der Waals surface area contributed by atoms with Crippen LogP contribution >= 0.6 is 23.1 Å². The van der Waals surface area contributed by atoms with E-state index in [-0.39, 0.29) is 31.6 Å². The van der Waals surface area contributed by atoms with Crippen LogP contribution in [0.15, 0.2) is 69.0 Å². The van der Waals surface area contributed by atoms with E-state index in [9.17, 15) is 23.3 Å². The summed E-state index contributed by atoms with van der Waals surface area (Å²) in [5.74, 6) is -0.303. The third kappa shape index (κ3) is 4.57. The molecule has 2 aromatic heterocycles. The molecule has 13 heteroatoms.